The highest BCUT2D eigenvalue weighted by Crippen LogP contribution is 2.24. The number of benzene rings is 2. The average molecular weight is 426 g/mol. The van der Waals surface area contributed by atoms with Gasteiger partial charge in [-0.25, -0.2) is 13.9 Å². The Morgan fingerprint density at radius 3 is 2.60 bits per heavy atom. The van der Waals surface area contributed by atoms with Crippen molar-refractivity contribution in [3.8, 4) is 11.3 Å². The Kier molecular flexibility index (Phi) is 6.90. The van der Waals surface area contributed by atoms with Gasteiger partial charge >= 0.3 is 5.97 Å². The Morgan fingerprint density at radius 2 is 1.90 bits per heavy atom. The monoisotopic (exact) mass is 425 g/mol. The highest BCUT2D eigenvalue weighted by Gasteiger charge is 2.28. The molecule has 3 aromatic rings. The van der Waals surface area contributed by atoms with Crippen LogP contribution in [0.4, 0.5) is 5.69 Å². The SMILES string of the molecule is CCOC(=O)c1ccc(N=C([O-])C[n+]2cc(-c3ccccc3)n3c2CCC3)cc1.Cl. The van der Waals surface area contributed by atoms with Crippen LogP contribution in [0.5, 0.6) is 0 Å². The second-order valence-corrected chi connectivity index (χ2v) is 6.95. The van der Waals surface area contributed by atoms with Crippen molar-refractivity contribution in [3.05, 3.63) is 72.2 Å². The lowest BCUT2D eigenvalue weighted by molar-refractivity contribution is -0.693. The van der Waals surface area contributed by atoms with E-state index in [1.54, 1.807) is 31.2 Å². The second-order valence-electron chi connectivity index (χ2n) is 6.95. The summed E-state index contributed by atoms with van der Waals surface area (Å²) in [5.41, 5.74) is 3.26. The van der Waals surface area contributed by atoms with Gasteiger partial charge in [0.25, 0.3) is 5.82 Å². The molecule has 0 bridgehead atoms. The number of ether oxygens (including phenoxy) is 1. The molecule has 1 aromatic heterocycles. The number of aliphatic imine (C=N–C) groups is 1. The molecule has 0 fully saturated rings. The minimum Gasteiger partial charge on any atom is -0.859 e. The zero-order valence-corrected chi connectivity index (χ0v) is 17.6. The maximum Gasteiger partial charge on any atom is 0.338 e. The van der Waals surface area contributed by atoms with Crippen LogP contribution in [-0.4, -0.2) is 23.0 Å². The van der Waals surface area contributed by atoms with Crippen molar-refractivity contribution in [1.82, 2.24) is 4.57 Å². The molecule has 156 valence electrons. The molecule has 0 atom stereocenters. The van der Waals surface area contributed by atoms with E-state index in [1.807, 2.05) is 29.0 Å². The number of hydrogen-bond donors (Lipinski definition) is 0. The van der Waals surface area contributed by atoms with Crippen molar-refractivity contribution in [2.24, 2.45) is 4.99 Å². The van der Waals surface area contributed by atoms with E-state index in [0.717, 1.165) is 36.5 Å². The van der Waals surface area contributed by atoms with Gasteiger partial charge in [0.2, 0.25) is 0 Å². The highest BCUT2D eigenvalue weighted by molar-refractivity contribution is 5.89. The Hall–Kier alpha value is -3.12. The van der Waals surface area contributed by atoms with E-state index in [4.69, 9.17) is 4.74 Å². The van der Waals surface area contributed by atoms with E-state index in [1.165, 1.54) is 0 Å². The van der Waals surface area contributed by atoms with Crippen molar-refractivity contribution in [3.63, 3.8) is 0 Å². The maximum absolute atomic E-state index is 12.6. The molecule has 0 aliphatic carbocycles. The molecule has 1 aliphatic heterocycles. The molecule has 0 unspecified atom stereocenters. The molecule has 4 rings (SSSR count). The van der Waals surface area contributed by atoms with E-state index in [9.17, 15) is 9.90 Å². The lowest BCUT2D eigenvalue weighted by Gasteiger charge is -2.09. The lowest BCUT2D eigenvalue weighted by Crippen LogP contribution is -2.43. The lowest BCUT2D eigenvalue weighted by atomic mass is 10.2. The van der Waals surface area contributed by atoms with E-state index in [-0.39, 0.29) is 30.8 Å². The molecule has 7 heteroatoms. The first-order valence-corrected chi connectivity index (χ1v) is 9.84. The molecular weight excluding hydrogens is 402 g/mol. The van der Waals surface area contributed by atoms with Gasteiger partial charge in [0.15, 0.2) is 5.69 Å². The first kappa shape index (κ1) is 21.6. The predicted molar refractivity (Wildman–Crippen MR) is 115 cm³/mol. The number of carbonyl (C=O) groups is 1. The summed E-state index contributed by atoms with van der Waals surface area (Å²) in [6, 6.07) is 16.8. The van der Waals surface area contributed by atoms with Crippen LogP contribution in [0, 0.1) is 0 Å². The molecule has 30 heavy (non-hydrogen) atoms. The average Bonchev–Trinajstić information content (AvgIpc) is 3.33. The van der Waals surface area contributed by atoms with Crippen LogP contribution in [0.2, 0.25) is 0 Å². The van der Waals surface area contributed by atoms with E-state index in [2.05, 4.69) is 21.7 Å². The van der Waals surface area contributed by atoms with Gasteiger partial charge in [0.1, 0.15) is 12.7 Å². The van der Waals surface area contributed by atoms with Crippen molar-refractivity contribution >= 4 is 30.0 Å². The number of aromatic nitrogens is 2. The number of hydrogen-bond acceptors (Lipinski definition) is 4. The third-order valence-corrected chi connectivity index (χ3v) is 5.00. The third-order valence-electron chi connectivity index (χ3n) is 5.00. The van der Waals surface area contributed by atoms with Gasteiger partial charge < -0.3 is 9.84 Å². The normalized spacial score (nSPS) is 12.9. The fraction of sp³-hybridized carbons (Fsp3) is 0.261. The van der Waals surface area contributed by atoms with Gasteiger partial charge in [0, 0.05) is 11.5 Å². The van der Waals surface area contributed by atoms with Crippen molar-refractivity contribution < 1.29 is 19.2 Å². The van der Waals surface area contributed by atoms with E-state index < -0.39 is 0 Å². The largest absolute Gasteiger partial charge is 0.859 e. The molecule has 0 radical (unpaired) electrons. The number of halogens is 1. The molecule has 0 N–H and O–H groups in total. The van der Waals surface area contributed by atoms with Crippen LogP contribution in [0.3, 0.4) is 0 Å². The number of nitrogens with zero attached hydrogens (tertiary/aromatic N) is 3. The van der Waals surface area contributed by atoms with Gasteiger partial charge in [-0.2, -0.15) is 0 Å². The summed E-state index contributed by atoms with van der Waals surface area (Å²) in [7, 11) is 0. The standard InChI is InChI=1S/C23H23N3O3.ClH/c1-2-29-23(28)18-10-12-19(13-11-18)24-21(27)16-25-15-20(17-7-4-3-5-8-17)26-14-6-9-22(25)26;/h3-5,7-8,10-13,15H,2,6,9,14,16H2,1H3;1H. The zero-order chi connectivity index (χ0) is 20.2. The summed E-state index contributed by atoms with van der Waals surface area (Å²) in [6.45, 7) is 3.25. The molecule has 0 saturated carbocycles. The van der Waals surface area contributed by atoms with Crippen molar-refractivity contribution in [2.45, 2.75) is 32.9 Å². The topological polar surface area (TPSA) is 70.5 Å². The van der Waals surface area contributed by atoms with Gasteiger partial charge in [-0.3, -0.25) is 4.99 Å². The molecule has 6 nitrogen and oxygen atoms in total. The fourth-order valence-electron chi connectivity index (χ4n) is 3.70. The van der Waals surface area contributed by atoms with Gasteiger partial charge in [-0.15, -0.1) is 12.4 Å². The van der Waals surface area contributed by atoms with Crippen LogP contribution in [0.15, 0.2) is 65.8 Å². The zero-order valence-electron chi connectivity index (χ0n) is 16.8. The van der Waals surface area contributed by atoms with Crippen LogP contribution in [-0.2, 0) is 24.2 Å². The summed E-state index contributed by atoms with van der Waals surface area (Å²) < 4.78 is 9.26. The first-order valence-electron chi connectivity index (χ1n) is 9.84. The quantitative estimate of drug-likeness (QED) is 0.264. The van der Waals surface area contributed by atoms with E-state index in [0.29, 0.717) is 17.9 Å². The predicted octanol–water partition coefficient (Wildman–Crippen LogP) is 3.08. The molecular formula is C23H24ClN3O3. The summed E-state index contributed by atoms with van der Waals surface area (Å²) in [4.78, 5) is 15.9. The third kappa shape index (κ3) is 4.54. The van der Waals surface area contributed by atoms with Crippen LogP contribution in [0.25, 0.3) is 11.3 Å². The van der Waals surface area contributed by atoms with Crippen molar-refractivity contribution in [1.29, 1.82) is 0 Å². The number of rotatable bonds is 6. The van der Waals surface area contributed by atoms with Gasteiger partial charge in [0.05, 0.1) is 30.8 Å². The molecule has 0 saturated heterocycles. The summed E-state index contributed by atoms with van der Waals surface area (Å²) in [5, 5.41) is 12.6. The first-order chi connectivity index (χ1) is 14.2. The minimum atomic E-state index is -0.376. The maximum atomic E-state index is 12.6. The number of carbonyl (C=O) groups excluding carboxylic acids is 1. The molecule has 0 amide bonds. The smallest absolute Gasteiger partial charge is 0.338 e. The van der Waals surface area contributed by atoms with Crippen molar-refractivity contribution in [2.75, 3.05) is 6.61 Å². The number of esters is 1. The summed E-state index contributed by atoms with van der Waals surface area (Å²) in [5.74, 6) is 0.558. The van der Waals surface area contributed by atoms with Crippen LogP contribution in [0.1, 0.15) is 29.5 Å². The second kappa shape index (κ2) is 9.59. The van der Waals surface area contributed by atoms with Gasteiger partial charge in [-0.05, 0) is 37.6 Å². The van der Waals surface area contributed by atoms with Gasteiger partial charge in [-0.1, -0.05) is 30.3 Å². The molecule has 0 spiro atoms. The van der Waals surface area contributed by atoms with E-state index >= 15 is 0 Å². The molecule has 2 aromatic carbocycles. The number of fused-ring (bicyclic) bond motifs is 1. The Labute approximate surface area is 181 Å². The van der Waals surface area contributed by atoms with Crippen LogP contribution < -0.4 is 9.67 Å². The minimum absolute atomic E-state index is 0. The summed E-state index contributed by atoms with van der Waals surface area (Å²) >= 11 is 0. The summed E-state index contributed by atoms with van der Waals surface area (Å²) in [6.07, 6.45) is 4.08. The molecule has 2 heterocycles. The Bertz CT molecular complexity index is 1040. The number of imidazole rings is 1. The highest BCUT2D eigenvalue weighted by atomic mass is 35.5. The fourth-order valence-corrected chi connectivity index (χ4v) is 3.70. The molecule has 1 aliphatic rings. The Morgan fingerprint density at radius 1 is 1.17 bits per heavy atom. The van der Waals surface area contributed by atoms with Crippen LogP contribution >= 0.6 is 12.4 Å². The Balaban J connectivity index is 0.00000256.